The van der Waals surface area contributed by atoms with E-state index in [0.717, 1.165) is 6.42 Å². The molecule has 0 saturated heterocycles. The molecule has 0 aliphatic carbocycles. The largest absolute Gasteiger partial charge is 0.460 e. The first-order valence-electron chi connectivity index (χ1n) is 3.66. The third kappa shape index (κ3) is 5.85. The lowest BCUT2D eigenvalue weighted by molar-refractivity contribution is -0.154. The molecule has 3 nitrogen and oxygen atoms in total. The molecule has 0 aromatic carbocycles. The minimum Gasteiger partial charge on any atom is -0.460 e. The molecule has 0 amide bonds. The van der Waals surface area contributed by atoms with Gasteiger partial charge in [0.25, 0.3) is 0 Å². The van der Waals surface area contributed by atoms with Crippen molar-refractivity contribution in [1.82, 2.24) is 0 Å². The summed E-state index contributed by atoms with van der Waals surface area (Å²) in [5, 5.41) is 0. The van der Waals surface area contributed by atoms with Crippen LogP contribution in [0.15, 0.2) is 0 Å². The summed E-state index contributed by atoms with van der Waals surface area (Å²) in [5.74, 6) is -0.244. The van der Waals surface area contributed by atoms with Gasteiger partial charge in [-0.05, 0) is 13.8 Å². The molecular weight excluding hydrogens is 144 g/mol. The van der Waals surface area contributed by atoms with Crippen LogP contribution < -0.4 is 0 Å². The van der Waals surface area contributed by atoms with Gasteiger partial charge in [-0.3, -0.25) is 4.79 Å². The van der Waals surface area contributed by atoms with Crippen LogP contribution in [0.5, 0.6) is 0 Å². The zero-order valence-electron chi connectivity index (χ0n) is 7.64. The molecule has 0 fully saturated rings. The van der Waals surface area contributed by atoms with Crippen molar-refractivity contribution in [2.24, 2.45) is 0 Å². The summed E-state index contributed by atoms with van der Waals surface area (Å²) in [6, 6.07) is 0. The van der Waals surface area contributed by atoms with Crippen LogP contribution in [-0.4, -0.2) is 25.3 Å². The molecule has 0 radical (unpaired) electrons. The van der Waals surface area contributed by atoms with Crippen LogP contribution in [0.1, 0.15) is 27.2 Å². The second-order valence-electron chi connectivity index (χ2n) is 3.10. The topological polar surface area (TPSA) is 35.5 Å². The van der Waals surface area contributed by atoms with Crippen molar-refractivity contribution in [2.45, 2.75) is 32.8 Å². The van der Waals surface area contributed by atoms with Crippen LogP contribution in [0.4, 0.5) is 0 Å². The summed E-state index contributed by atoms with van der Waals surface area (Å²) in [6.07, 6.45) is 0.725. The van der Waals surface area contributed by atoms with Crippen molar-refractivity contribution < 1.29 is 14.3 Å². The Morgan fingerprint density at radius 1 is 1.45 bits per heavy atom. The van der Waals surface area contributed by atoms with Gasteiger partial charge in [-0.2, -0.15) is 0 Å². The molecule has 0 aromatic heterocycles. The number of carbonyl (C=O) groups excluding carboxylic acids is 1. The van der Waals surface area contributed by atoms with Crippen LogP contribution in [0.25, 0.3) is 0 Å². The minimum absolute atomic E-state index is 0.244. The van der Waals surface area contributed by atoms with Crippen LogP contribution in [-0.2, 0) is 14.3 Å². The molecule has 0 rings (SSSR count). The van der Waals surface area contributed by atoms with Crippen LogP contribution in [0.2, 0.25) is 0 Å². The van der Waals surface area contributed by atoms with Crippen LogP contribution >= 0.6 is 0 Å². The molecule has 0 aromatic rings. The van der Waals surface area contributed by atoms with Crippen molar-refractivity contribution in [3.63, 3.8) is 0 Å². The van der Waals surface area contributed by atoms with E-state index in [-0.39, 0.29) is 5.97 Å². The Balaban J connectivity index is 3.70. The van der Waals surface area contributed by atoms with Crippen molar-refractivity contribution in [1.29, 1.82) is 0 Å². The highest BCUT2D eigenvalue weighted by molar-refractivity contribution is 5.66. The summed E-state index contributed by atoms with van der Waals surface area (Å²) in [6.45, 7) is 5.76. The molecule has 66 valence electrons. The summed E-state index contributed by atoms with van der Waals surface area (Å²) < 4.78 is 9.89. The number of ether oxygens (including phenoxy) is 2. The maximum Gasteiger partial charge on any atom is 0.303 e. The van der Waals surface area contributed by atoms with E-state index in [1.54, 1.807) is 7.11 Å². The number of esters is 1. The second-order valence-corrected chi connectivity index (χ2v) is 3.10. The van der Waals surface area contributed by atoms with Crippen LogP contribution in [0, 0.1) is 0 Å². The third-order valence-corrected chi connectivity index (χ3v) is 1.33. The normalized spacial score (nSPS) is 11.3. The Bertz CT molecular complexity index is 129. The van der Waals surface area contributed by atoms with E-state index in [1.807, 2.05) is 13.8 Å². The summed E-state index contributed by atoms with van der Waals surface area (Å²) >= 11 is 0. The highest BCUT2D eigenvalue weighted by Gasteiger charge is 2.20. The summed E-state index contributed by atoms with van der Waals surface area (Å²) in [5.41, 5.74) is -0.401. The Morgan fingerprint density at radius 3 is 2.36 bits per heavy atom. The molecule has 0 atom stereocenters. The first-order valence-corrected chi connectivity index (χ1v) is 3.66. The van der Waals surface area contributed by atoms with Gasteiger partial charge in [0, 0.05) is 27.1 Å². The van der Waals surface area contributed by atoms with Gasteiger partial charge in [0.1, 0.15) is 5.60 Å². The smallest absolute Gasteiger partial charge is 0.303 e. The Hall–Kier alpha value is -0.570. The molecule has 0 saturated carbocycles. The minimum atomic E-state index is -0.401. The monoisotopic (exact) mass is 160 g/mol. The summed E-state index contributed by atoms with van der Waals surface area (Å²) in [4.78, 5) is 10.6. The quantitative estimate of drug-likeness (QED) is 0.582. The first-order chi connectivity index (χ1) is 4.98. The van der Waals surface area contributed by atoms with Gasteiger partial charge in [-0.1, -0.05) is 0 Å². The Morgan fingerprint density at radius 2 is 2.00 bits per heavy atom. The van der Waals surface area contributed by atoms with Gasteiger partial charge in [0.05, 0.1) is 0 Å². The predicted molar refractivity (Wildman–Crippen MR) is 42.3 cm³/mol. The van der Waals surface area contributed by atoms with Gasteiger partial charge in [0.2, 0.25) is 0 Å². The standard InChI is InChI=1S/C8H16O3/c1-7(9)11-8(2,3)5-6-10-4/h5-6H2,1-4H3. The van der Waals surface area contributed by atoms with Gasteiger partial charge in [-0.15, -0.1) is 0 Å². The first kappa shape index (κ1) is 10.4. The zero-order valence-corrected chi connectivity index (χ0v) is 7.64. The fourth-order valence-electron chi connectivity index (χ4n) is 0.788. The van der Waals surface area contributed by atoms with E-state index in [1.165, 1.54) is 6.92 Å². The van der Waals surface area contributed by atoms with Crippen molar-refractivity contribution in [3.8, 4) is 0 Å². The number of rotatable bonds is 4. The highest BCUT2D eigenvalue weighted by atomic mass is 16.6. The number of hydrogen-bond acceptors (Lipinski definition) is 3. The molecule has 3 heteroatoms. The lowest BCUT2D eigenvalue weighted by atomic mass is 10.1. The molecular formula is C8H16O3. The number of carbonyl (C=O) groups is 1. The van der Waals surface area contributed by atoms with E-state index in [4.69, 9.17) is 9.47 Å². The molecule has 0 unspecified atom stereocenters. The van der Waals surface area contributed by atoms with E-state index in [0.29, 0.717) is 6.61 Å². The third-order valence-electron chi connectivity index (χ3n) is 1.33. The predicted octanol–water partition coefficient (Wildman–Crippen LogP) is 1.36. The van der Waals surface area contributed by atoms with Gasteiger partial charge in [-0.25, -0.2) is 0 Å². The fraction of sp³-hybridized carbons (Fsp3) is 0.875. The molecule has 0 aliphatic rings. The second kappa shape index (κ2) is 4.34. The maximum absolute atomic E-state index is 10.6. The fourth-order valence-corrected chi connectivity index (χ4v) is 0.788. The summed E-state index contributed by atoms with van der Waals surface area (Å²) in [7, 11) is 1.63. The van der Waals surface area contributed by atoms with Crippen LogP contribution in [0.3, 0.4) is 0 Å². The van der Waals surface area contributed by atoms with Crippen molar-refractivity contribution >= 4 is 5.97 Å². The maximum atomic E-state index is 10.6. The van der Waals surface area contributed by atoms with E-state index < -0.39 is 5.60 Å². The Kier molecular flexibility index (Phi) is 4.11. The number of hydrogen-bond donors (Lipinski definition) is 0. The SMILES string of the molecule is COCCC(C)(C)OC(C)=O. The van der Waals surface area contributed by atoms with Crippen molar-refractivity contribution in [3.05, 3.63) is 0 Å². The molecule has 11 heavy (non-hydrogen) atoms. The van der Waals surface area contributed by atoms with E-state index in [2.05, 4.69) is 0 Å². The Labute approximate surface area is 67.7 Å². The van der Waals surface area contributed by atoms with Gasteiger partial charge < -0.3 is 9.47 Å². The lowest BCUT2D eigenvalue weighted by Gasteiger charge is -2.23. The van der Waals surface area contributed by atoms with Gasteiger partial charge in [0.15, 0.2) is 0 Å². The average molecular weight is 160 g/mol. The number of methoxy groups -OCH3 is 1. The van der Waals surface area contributed by atoms with Crippen molar-refractivity contribution in [2.75, 3.05) is 13.7 Å². The van der Waals surface area contributed by atoms with E-state index >= 15 is 0 Å². The van der Waals surface area contributed by atoms with Gasteiger partial charge >= 0.3 is 5.97 Å². The molecule has 0 heterocycles. The zero-order chi connectivity index (χ0) is 8.91. The molecule has 0 N–H and O–H groups in total. The highest BCUT2D eigenvalue weighted by Crippen LogP contribution is 2.13. The lowest BCUT2D eigenvalue weighted by Crippen LogP contribution is -2.28. The van der Waals surface area contributed by atoms with E-state index in [9.17, 15) is 4.79 Å². The average Bonchev–Trinajstić information content (AvgIpc) is 1.81. The molecule has 0 bridgehead atoms. The molecule has 0 spiro atoms. The molecule has 0 aliphatic heterocycles.